The number of hydrogen-bond acceptors (Lipinski definition) is 3. The van der Waals surface area contributed by atoms with Crippen molar-refractivity contribution in [1.29, 1.82) is 5.26 Å². The summed E-state index contributed by atoms with van der Waals surface area (Å²) in [6.45, 7) is 3.93. The predicted octanol–water partition coefficient (Wildman–Crippen LogP) is 2.45. The molecule has 76 valence electrons. The van der Waals surface area contributed by atoms with E-state index in [0.29, 0.717) is 0 Å². The Morgan fingerprint density at radius 2 is 2.36 bits per heavy atom. The lowest BCUT2D eigenvalue weighted by Crippen LogP contribution is -2.08. The van der Waals surface area contributed by atoms with E-state index in [2.05, 4.69) is 11.1 Å². The highest BCUT2D eigenvalue weighted by molar-refractivity contribution is 7.99. The average Bonchev–Trinajstić information content (AvgIpc) is 2.52. The normalized spacial score (nSPS) is 11.3. The quantitative estimate of drug-likeness (QED) is 0.715. The number of nitrogens with zero attached hydrogens (tertiary/aromatic N) is 3. The minimum absolute atomic E-state index is 0.224. The molecule has 0 unspecified atom stereocenters. The summed E-state index contributed by atoms with van der Waals surface area (Å²) in [6.07, 6.45) is 4.61. The van der Waals surface area contributed by atoms with Gasteiger partial charge in [-0.25, -0.2) is 4.98 Å². The summed E-state index contributed by atoms with van der Waals surface area (Å²) in [7, 11) is 1.98. The van der Waals surface area contributed by atoms with Crippen LogP contribution in [0.25, 0.3) is 0 Å². The van der Waals surface area contributed by atoms with E-state index in [1.54, 1.807) is 18.0 Å². The van der Waals surface area contributed by atoms with Gasteiger partial charge in [-0.05, 0) is 20.3 Å². The highest BCUT2D eigenvalue weighted by Gasteiger charge is 2.16. The van der Waals surface area contributed by atoms with Crippen LogP contribution in [0, 0.1) is 16.7 Å². The SMILES string of the molecule is Cn1ccnc1SCCC(C)(C)C#N. The summed E-state index contributed by atoms with van der Waals surface area (Å²) in [5.41, 5.74) is -0.224. The van der Waals surface area contributed by atoms with Crippen LogP contribution in [0.2, 0.25) is 0 Å². The van der Waals surface area contributed by atoms with Crippen molar-refractivity contribution >= 4 is 11.8 Å². The number of hydrogen-bond donors (Lipinski definition) is 0. The first kappa shape index (κ1) is 11.1. The highest BCUT2D eigenvalue weighted by Crippen LogP contribution is 2.24. The molecular weight excluding hydrogens is 194 g/mol. The molecule has 0 aliphatic rings. The minimum atomic E-state index is -0.224. The molecule has 1 aromatic heterocycles. The van der Waals surface area contributed by atoms with Crippen LogP contribution < -0.4 is 0 Å². The third-order valence-corrected chi connectivity index (χ3v) is 3.10. The zero-order valence-electron chi connectivity index (χ0n) is 8.82. The van der Waals surface area contributed by atoms with Gasteiger partial charge in [-0.2, -0.15) is 5.26 Å². The molecule has 4 heteroatoms. The Kier molecular flexibility index (Phi) is 3.59. The second-order valence-electron chi connectivity index (χ2n) is 3.91. The second kappa shape index (κ2) is 4.52. The Labute approximate surface area is 89.1 Å². The Morgan fingerprint density at radius 3 is 2.86 bits per heavy atom. The molecule has 3 nitrogen and oxygen atoms in total. The molecule has 0 radical (unpaired) electrons. The van der Waals surface area contributed by atoms with Gasteiger partial charge in [0, 0.05) is 25.2 Å². The summed E-state index contributed by atoms with van der Waals surface area (Å²) < 4.78 is 1.99. The molecule has 0 amide bonds. The molecule has 14 heavy (non-hydrogen) atoms. The molecule has 0 fully saturated rings. The van der Waals surface area contributed by atoms with Crippen LogP contribution in [0.5, 0.6) is 0 Å². The fraction of sp³-hybridized carbons (Fsp3) is 0.600. The van der Waals surface area contributed by atoms with Crippen LogP contribution in [0.1, 0.15) is 20.3 Å². The molecule has 0 aromatic carbocycles. The van der Waals surface area contributed by atoms with E-state index in [-0.39, 0.29) is 5.41 Å². The summed E-state index contributed by atoms with van der Waals surface area (Å²) >= 11 is 1.70. The number of aryl methyl sites for hydroxylation is 1. The smallest absolute Gasteiger partial charge is 0.167 e. The molecule has 0 saturated carbocycles. The van der Waals surface area contributed by atoms with Gasteiger partial charge < -0.3 is 4.57 Å². The third-order valence-electron chi connectivity index (χ3n) is 2.04. The molecule has 1 heterocycles. The molecule has 0 spiro atoms. The Morgan fingerprint density at radius 1 is 1.64 bits per heavy atom. The number of thioether (sulfide) groups is 1. The largest absolute Gasteiger partial charge is 0.329 e. The number of imidazole rings is 1. The van der Waals surface area contributed by atoms with Crippen molar-refractivity contribution in [2.24, 2.45) is 12.5 Å². The number of nitriles is 1. The summed E-state index contributed by atoms with van der Waals surface area (Å²) in [4.78, 5) is 4.20. The first-order valence-corrected chi connectivity index (χ1v) is 5.55. The lowest BCUT2D eigenvalue weighted by Gasteiger charge is -2.13. The lowest BCUT2D eigenvalue weighted by molar-refractivity contribution is 0.481. The van der Waals surface area contributed by atoms with Crippen LogP contribution in [-0.2, 0) is 7.05 Å². The molecule has 0 aliphatic carbocycles. The van der Waals surface area contributed by atoms with Crippen LogP contribution in [0.15, 0.2) is 17.6 Å². The maximum atomic E-state index is 8.83. The molecule has 0 atom stereocenters. The molecule has 0 N–H and O–H groups in total. The van der Waals surface area contributed by atoms with E-state index in [1.165, 1.54) is 0 Å². The molecule has 0 bridgehead atoms. The van der Waals surface area contributed by atoms with Crippen molar-refractivity contribution in [2.75, 3.05) is 5.75 Å². The third kappa shape index (κ3) is 3.08. The van der Waals surface area contributed by atoms with Gasteiger partial charge in [0.1, 0.15) is 0 Å². The molecule has 1 rings (SSSR count). The highest BCUT2D eigenvalue weighted by atomic mass is 32.2. The maximum absolute atomic E-state index is 8.83. The molecular formula is C10H15N3S. The van der Waals surface area contributed by atoms with Gasteiger partial charge in [0.15, 0.2) is 5.16 Å². The average molecular weight is 209 g/mol. The van der Waals surface area contributed by atoms with Crippen LogP contribution in [-0.4, -0.2) is 15.3 Å². The predicted molar refractivity (Wildman–Crippen MR) is 57.9 cm³/mol. The van der Waals surface area contributed by atoms with Gasteiger partial charge in [-0.1, -0.05) is 11.8 Å². The number of rotatable bonds is 4. The van der Waals surface area contributed by atoms with Gasteiger partial charge in [0.05, 0.1) is 11.5 Å². The topological polar surface area (TPSA) is 41.6 Å². The van der Waals surface area contributed by atoms with Crippen molar-refractivity contribution < 1.29 is 0 Å². The van der Waals surface area contributed by atoms with Crippen molar-refractivity contribution in [3.05, 3.63) is 12.4 Å². The van der Waals surface area contributed by atoms with Crippen molar-refractivity contribution in [1.82, 2.24) is 9.55 Å². The minimum Gasteiger partial charge on any atom is -0.329 e. The van der Waals surface area contributed by atoms with E-state index >= 15 is 0 Å². The zero-order chi connectivity index (χ0) is 10.6. The first-order chi connectivity index (χ1) is 6.55. The van der Waals surface area contributed by atoms with Gasteiger partial charge in [-0.15, -0.1) is 0 Å². The fourth-order valence-corrected chi connectivity index (χ4v) is 2.14. The maximum Gasteiger partial charge on any atom is 0.167 e. The summed E-state index contributed by atoms with van der Waals surface area (Å²) in [5, 5.41) is 9.84. The Balaban J connectivity index is 2.37. The van der Waals surface area contributed by atoms with E-state index in [9.17, 15) is 0 Å². The lowest BCUT2D eigenvalue weighted by atomic mass is 9.93. The van der Waals surface area contributed by atoms with Crippen molar-refractivity contribution in [2.45, 2.75) is 25.4 Å². The van der Waals surface area contributed by atoms with E-state index in [0.717, 1.165) is 17.3 Å². The van der Waals surface area contributed by atoms with Crippen LogP contribution in [0.3, 0.4) is 0 Å². The molecule has 1 aromatic rings. The molecule has 0 aliphatic heterocycles. The first-order valence-electron chi connectivity index (χ1n) is 4.56. The van der Waals surface area contributed by atoms with Gasteiger partial charge in [0.2, 0.25) is 0 Å². The van der Waals surface area contributed by atoms with Crippen LogP contribution >= 0.6 is 11.8 Å². The van der Waals surface area contributed by atoms with Gasteiger partial charge in [-0.3, -0.25) is 0 Å². The van der Waals surface area contributed by atoms with Gasteiger partial charge in [0.25, 0.3) is 0 Å². The Bertz CT molecular complexity index is 335. The second-order valence-corrected chi connectivity index (χ2v) is 4.98. The zero-order valence-corrected chi connectivity index (χ0v) is 9.64. The van der Waals surface area contributed by atoms with E-state index in [1.807, 2.05) is 31.7 Å². The van der Waals surface area contributed by atoms with Crippen molar-refractivity contribution in [3.8, 4) is 6.07 Å². The van der Waals surface area contributed by atoms with E-state index < -0.39 is 0 Å². The van der Waals surface area contributed by atoms with E-state index in [4.69, 9.17) is 5.26 Å². The monoisotopic (exact) mass is 209 g/mol. The molecule has 0 saturated heterocycles. The number of aromatic nitrogens is 2. The Hall–Kier alpha value is -0.950. The van der Waals surface area contributed by atoms with Crippen LogP contribution in [0.4, 0.5) is 0 Å². The van der Waals surface area contributed by atoms with Gasteiger partial charge >= 0.3 is 0 Å². The summed E-state index contributed by atoms with van der Waals surface area (Å²) in [6, 6.07) is 2.30. The van der Waals surface area contributed by atoms with Crippen molar-refractivity contribution in [3.63, 3.8) is 0 Å². The standard InChI is InChI=1S/C10H15N3S/c1-10(2,8-11)4-7-14-9-12-5-6-13(9)3/h5-6H,4,7H2,1-3H3. The fourth-order valence-electron chi connectivity index (χ4n) is 0.944. The summed E-state index contributed by atoms with van der Waals surface area (Å²) in [5.74, 6) is 0.936.